The fourth-order valence-electron chi connectivity index (χ4n) is 2.47. The van der Waals surface area contributed by atoms with E-state index < -0.39 is 12.6 Å². The molecule has 0 aromatic carbocycles. The molecule has 0 spiro atoms. The Morgan fingerprint density at radius 1 is 0.667 bits per heavy atom. The van der Waals surface area contributed by atoms with Crippen molar-refractivity contribution in [1.29, 1.82) is 0 Å². The lowest BCUT2D eigenvalue weighted by Gasteiger charge is -2.26. The van der Waals surface area contributed by atoms with Crippen molar-refractivity contribution >= 4 is 0 Å². The van der Waals surface area contributed by atoms with Gasteiger partial charge in [-0.1, -0.05) is 52.4 Å². The summed E-state index contributed by atoms with van der Waals surface area (Å²) in [6, 6.07) is 0. The van der Waals surface area contributed by atoms with Crippen molar-refractivity contribution < 1.29 is 25.2 Å². The number of aliphatic hydroxyl groups excluding tert-OH is 2. The van der Waals surface area contributed by atoms with E-state index in [4.69, 9.17) is 25.2 Å². The van der Waals surface area contributed by atoms with Gasteiger partial charge in [0.2, 0.25) is 0 Å². The van der Waals surface area contributed by atoms with E-state index in [9.17, 15) is 0 Å². The van der Waals surface area contributed by atoms with Gasteiger partial charge in [0.1, 0.15) is 0 Å². The molecule has 0 rings (SSSR count). The SMILES string of the molecule is CCCCCC(CC(O)O)OC(CCCCC)CC(O)O. The lowest BCUT2D eigenvalue weighted by Crippen LogP contribution is -2.29. The van der Waals surface area contributed by atoms with Gasteiger partial charge in [-0.15, -0.1) is 0 Å². The van der Waals surface area contributed by atoms with Crippen molar-refractivity contribution in [1.82, 2.24) is 0 Å². The monoisotopic (exact) mass is 306 g/mol. The molecule has 5 nitrogen and oxygen atoms in total. The summed E-state index contributed by atoms with van der Waals surface area (Å²) in [6.07, 6.45) is 5.01. The molecule has 2 atom stereocenters. The van der Waals surface area contributed by atoms with Crippen molar-refractivity contribution in [2.45, 2.75) is 103 Å². The fourth-order valence-corrected chi connectivity index (χ4v) is 2.47. The maximum Gasteiger partial charge on any atom is 0.153 e. The first-order chi connectivity index (χ1) is 9.99. The first-order valence-electron chi connectivity index (χ1n) is 8.37. The van der Waals surface area contributed by atoms with E-state index in [0.29, 0.717) is 0 Å². The predicted molar refractivity (Wildman–Crippen MR) is 82.6 cm³/mol. The Hall–Kier alpha value is -0.200. The summed E-state index contributed by atoms with van der Waals surface area (Å²) < 4.78 is 5.93. The highest BCUT2D eigenvalue weighted by molar-refractivity contribution is 4.67. The molecule has 0 aliphatic carbocycles. The number of hydrogen-bond donors (Lipinski definition) is 4. The van der Waals surface area contributed by atoms with Crippen molar-refractivity contribution in [3.8, 4) is 0 Å². The molecule has 0 saturated carbocycles. The molecule has 2 unspecified atom stereocenters. The topological polar surface area (TPSA) is 90.2 Å². The van der Waals surface area contributed by atoms with Gasteiger partial charge in [-0.25, -0.2) is 0 Å². The molecule has 0 amide bonds. The van der Waals surface area contributed by atoms with Gasteiger partial charge >= 0.3 is 0 Å². The van der Waals surface area contributed by atoms with Gasteiger partial charge in [0.15, 0.2) is 12.6 Å². The number of rotatable bonds is 14. The number of hydrogen-bond acceptors (Lipinski definition) is 5. The Balaban J connectivity index is 4.36. The Morgan fingerprint density at radius 3 is 1.33 bits per heavy atom. The van der Waals surface area contributed by atoms with Gasteiger partial charge in [0.25, 0.3) is 0 Å². The van der Waals surface area contributed by atoms with E-state index in [1.807, 2.05) is 0 Å². The van der Waals surface area contributed by atoms with Gasteiger partial charge in [0.05, 0.1) is 12.2 Å². The van der Waals surface area contributed by atoms with Crippen molar-refractivity contribution in [3.05, 3.63) is 0 Å². The third kappa shape index (κ3) is 13.2. The molecule has 0 radical (unpaired) electrons. The summed E-state index contributed by atoms with van der Waals surface area (Å²) >= 11 is 0. The van der Waals surface area contributed by atoms with Crippen molar-refractivity contribution in [2.24, 2.45) is 0 Å². The molecule has 0 heterocycles. The Bertz CT molecular complexity index is 199. The zero-order valence-electron chi connectivity index (χ0n) is 13.6. The molecule has 5 heteroatoms. The van der Waals surface area contributed by atoms with Crippen LogP contribution in [0, 0.1) is 0 Å². The lowest BCUT2D eigenvalue weighted by molar-refractivity contribution is -0.128. The first kappa shape index (κ1) is 20.8. The lowest BCUT2D eigenvalue weighted by atomic mass is 10.0. The normalized spacial score (nSPS) is 14.9. The Morgan fingerprint density at radius 2 is 1.05 bits per heavy atom. The summed E-state index contributed by atoms with van der Waals surface area (Å²) in [5, 5.41) is 36.7. The quantitative estimate of drug-likeness (QED) is 0.292. The van der Waals surface area contributed by atoms with Crippen LogP contribution in [0.15, 0.2) is 0 Å². The smallest absolute Gasteiger partial charge is 0.153 e. The van der Waals surface area contributed by atoms with E-state index in [1.165, 1.54) is 0 Å². The van der Waals surface area contributed by atoms with E-state index in [1.54, 1.807) is 0 Å². The van der Waals surface area contributed by atoms with Gasteiger partial charge < -0.3 is 25.2 Å². The van der Waals surface area contributed by atoms with Crippen LogP contribution < -0.4 is 0 Å². The molecule has 4 N–H and O–H groups in total. The summed E-state index contributed by atoms with van der Waals surface area (Å²) in [6.45, 7) is 4.23. The van der Waals surface area contributed by atoms with Crippen LogP contribution in [0.25, 0.3) is 0 Å². The molecule has 0 aliphatic heterocycles. The van der Waals surface area contributed by atoms with E-state index in [0.717, 1.165) is 51.4 Å². The van der Waals surface area contributed by atoms with Crippen molar-refractivity contribution in [2.75, 3.05) is 0 Å². The number of ether oxygens (including phenoxy) is 1. The highest BCUT2D eigenvalue weighted by Gasteiger charge is 2.20. The second-order valence-electron chi connectivity index (χ2n) is 5.80. The van der Waals surface area contributed by atoms with E-state index >= 15 is 0 Å². The van der Waals surface area contributed by atoms with Crippen LogP contribution in [0.5, 0.6) is 0 Å². The summed E-state index contributed by atoms with van der Waals surface area (Å²) in [5.41, 5.74) is 0. The minimum atomic E-state index is -1.38. The molecule has 0 aromatic rings. The van der Waals surface area contributed by atoms with Crippen LogP contribution in [0.2, 0.25) is 0 Å². The predicted octanol–water partition coefficient (Wildman–Crippen LogP) is 2.30. The Labute approximate surface area is 129 Å². The molecule has 128 valence electrons. The number of aliphatic hydroxyl groups is 4. The Kier molecular flexibility index (Phi) is 13.3. The van der Waals surface area contributed by atoms with Gasteiger partial charge in [-0.3, -0.25) is 0 Å². The van der Waals surface area contributed by atoms with Crippen LogP contribution in [0.3, 0.4) is 0 Å². The average Bonchev–Trinajstić information content (AvgIpc) is 2.37. The van der Waals surface area contributed by atoms with E-state index in [-0.39, 0.29) is 25.0 Å². The zero-order valence-corrected chi connectivity index (χ0v) is 13.6. The summed E-state index contributed by atoms with van der Waals surface area (Å²) in [4.78, 5) is 0. The van der Waals surface area contributed by atoms with Crippen molar-refractivity contribution in [3.63, 3.8) is 0 Å². The maximum absolute atomic E-state index is 9.17. The van der Waals surface area contributed by atoms with Crippen LogP contribution >= 0.6 is 0 Å². The van der Waals surface area contributed by atoms with Gasteiger partial charge in [-0.05, 0) is 12.8 Å². The van der Waals surface area contributed by atoms with Crippen LogP contribution in [-0.4, -0.2) is 45.2 Å². The summed E-state index contributed by atoms with van der Waals surface area (Å²) in [5.74, 6) is 0. The second-order valence-corrected chi connectivity index (χ2v) is 5.80. The molecule has 0 aromatic heterocycles. The molecular formula is C16H34O5. The minimum Gasteiger partial charge on any atom is -0.375 e. The molecular weight excluding hydrogens is 272 g/mol. The maximum atomic E-state index is 9.17. The standard InChI is InChI=1S/C16H34O5/c1-3-5-7-9-13(11-15(17)18)21-14(12-16(19)20)10-8-6-4-2/h13-20H,3-12H2,1-2H3. The molecule has 0 fully saturated rings. The van der Waals surface area contributed by atoms with Crippen LogP contribution in [0.4, 0.5) is 0 Å². The first-order valence-corrected chi connectivity index (χ1v) is 8.37. The molecule has 0 aliphatic rings. The average molecular weight is 306 g/mol. The zero-order chi connectivity index (χ0) is 16.1. The second kappa shape index (κ2) is 13.5. The third-order valence-corrected chi connectivity index (χ3v) is 3.59. The molecule has 0 saturated heterocycles. The van der Waals surface area contributed by atoms with Gasteiger partial charge in [0, 0.05) is 12.8 Å². The fraction of sp³-hybridized carbons (Fsp3) is 1.00. The highest BCUT2D eigenvalue weighted by atomic mass is 16.5. The van der Waals surface area contributed by atoms with Crippen LogP contribution in [-0.2, 0) is 4.74 Å². The van der Waals surface area contributed by atoms with E-state index in [2.05, 4.69) is 13.8 Å². The minimum absolute atomic E-state index is 0.176. The molecule has 21 heavy (non-hydrogen) atoms. The largest absolute Gasteiger partial charge is 0.375 e. The van der Waals surface area contributed by atoms with Gasteiger partial charge in [-0.2, -0.15) is 0 Å². The van der Waals surface area contributed by atoms with Crippen LogP contribution in [0.1, 0.15) is 78.1 Å². The summed E-state index contributed by atoms with van der Waals surface area (Å²) in [7, 11) is 0. The third-order valence-electron chi connectivity index (χ3n) is 3.59. The highest BCUT2D eigenvalue weighted by Crippen LogP contribution is 2.19. The molecule has 0 bridgehead atoms. The number of unbranched alkanes of at least 4 members (excludes halogenated alkanes) is 4.